The zero-order valence-electron chi connectivity index (χ0n) is 13.8. The van der Waals surface area contributed by atoms with Crippen molar-refractivity contribution in [3.63, 3.8) is 0 Å². The quantitative estimate of drug-likeness (QED) is 0.900. The van der Waals surface area contributed by atoms with Crippen LogP contribution >= 0.6 is 0 Å². The summed E-state index contributed by atoms with van der Waals surface area (Å²) in [5.41, 5.74) is 0.613. The first kappa shape index (κ1) is 16.8. The molecular weight excluding hydrogens is 278 g/mol. The molecular formula is C18H27NO3. The Hall–Kier alpha value is -1.55. The Bertz CT molecular complexity index is 485. The van der Waals surface area contributed by atoms with Gasteiger partial charge in [0.05, 0.1) is 6.10 Å². The molecule has 0 heterocycles. The van der Waals surface area contributed by atoms with Crippen LogP contribution in [0.5, 0.6) is 0 Å². The van der Waals surface area contributed by atoms with Crippen molar-refractivity contribution in [3.8, 4) is 0 Å². The highest BCUT2D eigenvalue weighted by Crippen LogP contribution is 2.39. The molecule has 1 aromatic carbocycles. The summed E-state index contributed by atoms with van der Waals surface area (Å²) in [6.07, 6.45) is 2.67. The van der Waals surface area contributed by atoms with Crippen LogP contribution in [0.25, 0.3) is 0 Å². The van der Waals surface area contributed by atoms with Crippen LogP contribution in [0.15, 0.2) is 30.3 Å². The minimum Gasteiger partial charge on any atom is -0.444 e. The van der Waals surface area contributed by atoms with E-state index in [1.807, 2.05) is 39.0 Å². The van der Waals surface area contributed by atoms with Gasteiger partial charge in [-0.3, -0.25) is 0 Å². The van der Waals surface area contributed by atoms with Crippen molar-refractivity contribution in [2.75, 3.05) is 6.54 Å². The smallest absolute Gasteiger partial charge is 0.407 e. The van der Waals surface area contributed by atoms with Gasteiger partial charge in [0.2, 0.25) is 0 Å². The monoisotopic (exact) mass is 305 g/mol. The van der Waals surface area contributed by atoms with Crippen LogP contribution in [0.2, 0.25) is 0 Å². The third kappa shape index (κ3) is 4.47. The Balaban J connectivity index is 2.08. The maximum absolute atomic E-state index is 12.0. The number of rotatable bonds is 3. The predicted molar refractivity (Wildman–Crippen MR) is 86.8 cm³/mol. The summed E-state index contributed by atoms with van der Waals surface area (Å²) < 4.78 is 5.33. The standard InChI is InChI=1S/C18H27NO3/c1-17(2,3)22-16(21)19-13-18(11-9-15(20)10-12-18)14-7-5-4-6-8-14/h4-8,15,20H,9-13H2,1-3H3,(H,19,21). The van der Waals surface area contributed by atoms with Gasteiger partial charge in [0.1, 0.15) is 5.60 Å². The first-order chi connectivity index (χ1) is 10.3. The Morgan fingerprint density at radius 1 is 1.27 bits per heavy atom. The lowest BCUT2D eigenvalue weighted by Crippen LogP contribution is -2.45. The summed E-state index contributed by atoms with van der Waals surface area (Å²) in [4.78, 5) is 12.0. The van der Waals surface area contributed by atoms with E-state index in [-0.39, 0.29) is 17.6 Å². The molecule has 2 rings (SSSR count). The van der Waals surface area contributed by atoms with E-state index in [9.17, 15) is 9.90 Å². The van der Waals surface area contributed by atoms with Crippen molar-refractivity contribution >= 4 is 6.09 Å². The van der Waals surface area contributed by atoms with Gasteiger partial charge in [0, 0.05) is 12.0 Å². The summed E-state index contributed by atoms with van der Waals surface area (Å²) in [5.74, 6) is 0. The number of carbonyl (C=O) groups excluding carboxylic acids is 1. The number of carbonyl (C=O) groups is 1. The predicted octanol–water partition coefficient (Wildman–Crippen LogP) is 3.38. The summed E-state index contributed by atoms with van der Waals surface area (Å²) in [5, 5.41) is 12.7. The van der Waals surface area contributed by atoms with Crippen LogP contribution in [0.3, 0.4) is 0 Å². The van der Waals surface area contributed by atoms with Gasteiger partial charge in [0.15, 0.2) is 0 Å². The number of aliphatic hydroxyl groups excluding tert-OH is 1. The van der Waals surface area contributed by atoms with Gasteiger partial charge in [-0.25, -0.2) is 4.79 Å². The average Bonchev–Trinajstić information content (AvgIpc) is 2.46. The summed E-state index contributed by atoms with van der Waals surface area (Å²) in [7, 11) is 0. The molecule has 22 heavy (non-hydrogen) atoms. The van der Waals surface area contributed by atoms with E-state index in [1.54, 1.807) is 0 Å². The lowest BCUT2D eigenvalue weighted by molar-refractivity contribution is 0.0487. The molecule has 0 radical (unpaired) electrons. The molecule has 1 aliphatic carbocycles. The van der Waals surface area contributed by atoms with E-state index in [2.05, 4.69) is 17.4 Å². The first-order valence-corrected chi connectivity index (χ1v) is 8.01. The second kappa shape index (κ2) is 6.69. The van der Waals surface area contributed by atoms with E-state index >= 15 is 0 Å². The molecule has 1 aromatic rings. The van der Waals surface area contributed by atoms with Crippen LogP contribution in [0, 0.1) is 0 Å². The third-order valence-corrected chi connectivity index (χ3v) is 4.27. The summed E-state index contributed by atoms with van der Waals surface area (Å²) in [6, 6.07) is 10.3. The van der Waals surface area contributed by atoms with Crippen LogP contribution in [0.1, 0.15) is 52.0 Å². The molecule has 4 nitrogen and oxygen atoms in total. The lowest BCUT2D eigenvalue weighted by Gasteiger charge is -2.39. The fourth-order valence-electron chi connectivity index (χ4n) is 3.07. The lowest BCUT2D eigenvalue weighted by atomic mass is 9.68. The van der Waals surface area contributed by atoms with E-state index in [0.29, 0.717) is 6.54 Å². The molecule has 0 unspecified atom stereocenters. The topological polar surface area (TPSA) is 58.6 Å². The number of ether oxygens (including phenoxy) is 1. The first-order valence-electron chi connectivity index (χ1n) is 8.01. The van der Waals surface area contributed by atoms with Crippen LogP contribution in [-0.2, 0) is 10.2 Å². The van der Waals surface area contributed by atoms with Crippen molar-refractivity contribution < 1.29 is 14.6 Å². The van der Waals surface area contributed by atoms with E-state index in [4.69, 9.17) is 4.74 Å². The minimum absolute atomic E-state index is 0.114. The number of amides is 1. The van der Waals surface area contributed by atoms with Gasteiger partial charge >= 0.3 is 6.09 Å². The molecule has 0 spiro atoms. The zero-order chi connectivity index (χ0) is 16.2. The number of hydrogen-bond donors (Lipinski definition) is 2. The highest BCUT2D eigenvalue weighted by molar-refractivity contribution is 5.67. The van der Waals surface area contributed by atoms with Crippen LogP contribution in [-0.4, -0.2) is 29.4 Å². The maximum Gasteiger partial charge on any atom is 0.407 e. The molecule has 0 saturated heterocycles. The van der Waals surface area contributed by atoms with E-state index < -0.39 is 5.60 Å². The van der Waals surface area contributed by atoms with Crippen LogP contribution in [0.4, 0.5) is 4.79 Å². The molecule has 0 atom stereocenters. The molecule has 4 heteroatoms. The van der Waals surface area contributed by atoms with Gasteiger partial charge in [0.25, 0.3) is 0 Å². The number of hydrogen-bond acceptors (Lipinski definition) is 3. The summed E-state index contributed by atoms with van der Waals surface area (Å²) >= 11 is 0. The van der Waals surface area contributed by atoms with Gasteiger partial charge in [-0.1, -0.05) is 30.3 Å². The van der Waals surface area contributed by atoms with Crippen molar-refractivity contribution in [2.45, 2.75) is 63.6 Å². The van der Waals surface area contributed by atoms with Crippen molar-refractivity contribution in [3.05, 3.63) is 35.9 Å². The average molecular weight is 305 g/mol. The zero-order valence-corrected chi connectivity index (χ0v) is 13.8. The highest BCUT2D eigenvalue weighted by Gasteiger charge is 2.37. The largest absolute Gasteiger partial charge is 0.444 e. The second-order valence-corrected chi connectivity index (χ2v) is 7.23. The molecule has 0 aromatic heterocycles. The fourth-order valence-corrected chi connectivity index (χ4v) is 3.07. The summed E-state index contributed by atoms with van der Waals surface area (Å²) in [6.45, 7) is 6.11. The molecule has 1 amide bonds. The molecule has 122 valence electrons. The Labute approximate surface area is 132 Å². The van der Waals surface area contributed by atoms with Gasteiger partial charge in [-0.05, 0) is 52.0 Å². The highest BCUT2D eigenvalue weighted by atomic mass is 16.6. The van der Waals surface area contributed by atoms with Gasteiger partial charge in [-0.2, -0.15) is 0 Å². The number of alkyl carbamates (subject to hydrolysis) is 1. The Morgan fingerprint density at radius 3 is 2.41 bits per heavy atom. The molecule has 2 N–H and O–H groups in total. The van der Waals surface area contributed by atoms with Gasteiger partial charge in [-0.15, -0.1) is 0 Å². The number of nitrogens with one attached hydrogen (secondary N) is 1. The Morgan fingerprint density at radius 2 is 1.86 bits per heavy atom. The maximum atomic E-state index is 12.0. The normalized spacial score (nSPS) is 25.5. The van der Waals surface area contributed by atoms with Crippen molar-refractivity contribution in [2.24, 2.45) is 0 Å². The van der Waals surface area contributed by atoms with E-state index in [0.717, 1.165) is 25.7 Å². The second-order valence-electron chi connectivity index (χ2n) is 7.23. The molecule has 1 fully saturated rings. The van der Waals surface area contributed by atoms with Crippen molar-refractivity contribution in [1.29, 1.82) is 0 Å². The molecule has 0 bridgehead atoms. The van der Waals surface area contributed by atoms with Crippen LogP contribution < -0.4 is 5.32 Å². The number of benzene rings is 1. The SMILES string of the molecule is CC(C)(C)OC(=O)NCC1(c2ccccc2)CCC(O)CC1. The third-order valence-electron chi connectivity index (χ3n) is 4.27. The van der Waals surface area contributed by atoms with Crippen molar-refractivity contribution in [1.82, 2.24) is 5.32 Å². The van der Waals surface area contributed by atoms with Gasteiger partial charge < -0.3 is 15.2 Å². The molecule has 0 aliphatic heterocycles. The minimum atomic E-state index is -0.493. The fraction of sp³-hybridized carbons (Fsp3) is 0.611. The Kier molecular flexibility index (Phi) is 5.12. The molecule has 1 aliphatic rings. The molecule has 1 saturated carbocycles. The van der Waals surface area contributed by atoms with E-state index in [1.165, 1.54) is 5.56 Å². The number of aliphatic hydroxyl groups is 1.